The molecule has 0 radical (unpaired) electrons. The van der Waals surface area contributed by atoms with Gasteiger partial charge >= 0.3 is 0 Å². The van der Waals surface area contributed by atoms with Crippen molar-refractivity contribution in [1.82, 2.24) is 15.1 Å². The highest BCUT2D eigenvalue weighted by Gasteiger charge is 2.23. The van der Waals surface area contributed by atoms with E-state index in [4.69, 9.17) is 0 Å². The summed E-state index contributed by atoms with van der Waals surface area (Å²) in [5, 5.41) is 7.97. The lowest BCUT2D eigenvalue weighted by Crippen LogP contribution is -2.24. The van der Waals surface area contributed by atoms with E-state index in [9.17, 15) is 8.78 Å². The highest BCUT2D eigenvalue weighted by molar-refractivity contribution is 5.65. The zero-order valence-electron chi connectivity index (χ0n) is 12.4. The molecule has 3 nitrogen and oxygen atoms in total. The molecular formula is C18H15F2N3. The average Bonchev–Trinajstić information content (AvgIpc) is 2.95. The summed E-state index contributed by atoms with van der Waals surface area (Å²) >= 11 is 0. The fourth-order valence-electron chi connectivity index (χ4n) is 3.03. The number of aromatic nitrogens is 2. The van der Waals surface area contributed by atoms with Gasteiger partial charge in [0.1, 0.15) is 11.5 Å². The molecule has 0 amide bonds. The Hall–Kier alpha value is -2.53. The van der Waals surface area contributed by atoms with Gasteiger partial charge in [0, 0.05) is 36.7 Å². The Kier molecular flexibility index (Phi) is 3.42. The van der Waals surface area contributed by atoms with E-state index in [-0.39, 0.29) is 5.69 Å². The van der Waals surface area contributed by atoms with Crippen LogP contribution in [-0.4, -0.2) is 16.3 Å². The normalized spacial score (nSPS) is 13.8. The second-order valence-corrected chi connectivity index (χ2v) is 5.57. The van der Waals surface area contributed by atoms with E-state index >= 15 is 0 Å². The van der Waals surface area contributed by atoms with Crippen LogP contribution in [0.25, 0.3) is 16.9 Å². The number of nitrogens with one attached hydrogen (secondary N) is 1. The zero-order valence-corrected chi connectivity index (χ0v) is 12.4. The first-order chi connectivity index (χ1) is 11.2. The lowest BCUT2D eigenvalue weighted by atomic mass is 10.0. The van der Waals surface area contributed by atoms with E-state index in [0.717, 1.165) is 41.5 Å². The topological polar surface area (TPSA) is 29.9 Å². The number of rotatable bonds is 2. The van der Waals surface area contributed by atoms with Crippen molar-refractivity contribution in [2.24, 2.45) is 0 Å². The number of hydrogen-bond acceptors (Lipinski definition) is 2. The summed E-state index contributed by atoms with van der Waals surface area (Å²) in [7, 11) is 0. The summed E-state index contributed by atoms with van der Waals surface area (Å²) in [6, 6.07) is 13.4. The van der Waals surface area contributed by atoms with E-state index in [1.54, 1.807) is 4.68 Å². The van der Waals surface area contributed by atoms with Gasteiger partial charge in [0.15, 0.2) is 5.82 Å². The van der Waals surface area contributed by atoms with Crippen LogP contribution in [0.5, 0.6) is 0 Å². The molecule has 0 aliphatic carbocycles. The standard InChI is InChI=1S/C18H15F2N3/c19-13-6-7-17(15(20)10-13)23-16-8-9-21-11-14(16)18(22-23)12-4-2-1-3-5-12/h1-7,10,21H,8-9,11H2. The van der Waals surface area contributed by atoms with Crippen molar-refractivity contribution >= 4 is 0 Å². The van der Waals surface area contributed by atoms with Crippen LogP contribution in [0.15, 0.2) is 48.5 Å². The highest BCUT2D eigenvalue weighted by Crippen LogP contribution is 2.30. The third-order valence-electron chi connectivity index (χ3n) is 4.12. The van der Waals surface area contributed by atoms with Crippen molar-refractivity contribution in [2.75, 3.05) is 6.54 Å². The number of hydrogen-bond donors (Lipinski definition) is 1. The SMILES string of the molecule is Fc1ccc(-n2nc(-c3ccccc3)c3c2CCNC3)c(F)c1. The predicted molar refractivity (Wildman–Crippen MR) is 84.3 cm³/mol. The van der Waals surface area contributed by atoms with Crippen LogP contribution < -0.4 is 5.32 Å². The molecule has 4 rings (SSSR count). The van der Waals surface area contributed by atoms with E-state index in [1.807, 2.05) is 30.3 Å². The molecule has 2 aromatic carbocycles. The minimum absolute atomic E-state index is 0.284. The van der Waals surface area contributed by atoms with Crippen molar-refractivity contribution in [3.8, 4) is 16.9 Å². The van der Waals surface area contributed by atoms with Crippen molar-refractivity contribution in [2.45, 2.75) is 13.0 Å². The summed E-state index contributed by atoms with van der Waals surface area (Å²) < 4.78 is 29.0. The van der Waals surface area contributed by atoms with Crippen LogP contribution >= 0.6 is 0 Å². The maximum absolute atomic E-state index is 14.2. The van der Waals surface area contributed by atoms with Crippen LogP contribution in [0, 0.1) is 11.6 Å². The molecule has 3 aromatic rings. The molecule has 1 aromatic heterocycles. The minimum atomic E-state index is -0.603. The summed E-state index contributed by atoms with van der Waals surface area (Å²) in [6.45, 7) is 1.51. The molecule has 116 valence electrons. The molecule has 1 N–H and O–H groups in total. The molecule has 0 unspecified atom stereocenters. The van der Waals surface area contributed by atoms with Crippen molar-refractivity contribution in [3.05, 3.63) is 71.4 Å². The molecule has 1 aliphatic rings. The number of fused-ring (bicyclic) bond motifs is 1. The summed E-state index contributed by atoms with van der Waals surface area (Å²) in [6.07, 6.45) is 0.756. The summed E-state index contributed by atoms with van der Waals surface area (Å²) in [4.78, 5) is 0. The molecule has 0 atom stereocenters. The molecule has 5 heteroatoms. The van der Waals surface area contributed by atoms with E-state index in [2.05, 4.69) is 10.4 Å². The Morgan fingerprint density at radius 3 is 2.65 bits per heavy atom. The van der Waals surface area contributed by atoms with Crippen LogP contribution in [0.1, 0.15) is 11.3 Å². The van der Waals surface area contributed by atoms with E-state index in [1.165, 1.54) is 12.1 Å². The fourth-order valence-corrected chi connectivity index (χ4v) is 3.03. The van der Waals surface area contributed by atoms with Gasteiger partial charge in [0.05, 0.1) is 11.4 Å². The molecular weight excluding hydrogens is 296 g/mol. The molecule has 23 heavy (non-hydrogen) atoms. The molecule has 0 fully saturated rings. The Labute approximate surface area is 132 Å². The quantitative estimate of drug-likeness (QED) is 0.785. The Morgan fingerprint density at radius 2 is 1.87 bits per heavy atom. The van der Waals surface area contributed by atoms with Gasteiger partial charge < -0.3 is 5.32 Å². The smallest absolute Gasteiger partial charge is 0.151 e. The molecule has 1 aliphatic heterocycles. The lowest BCUT2D eigenvalue weighted by Gasteiger charge is -2.16. The largest absolute Gasteiger partial charge is 0.312 e. The zero-order chi connectivity index (χ0) is 15.8. The number of halogens is 2. The first-order valence-electron chi connectivity index (χ1n) is 7.56. The Balaban J connectivity index is 1.93. The second kappa shape index (κ2) is 5.59. The maximum Gasteiger partial charge on any atom is 0.151 e. The van der Waals surface area contributed by atoms with Gasteiger partial charge in [-0.05, 0) is 12.1 Å². The van der Waals surface area contributed by atoms with Crippen LogP contribution in [0.4, 0.5) is 8.78 Å². The molecule has 0 saturated heterocycles. The van der Waals surface area contributed by atoms with Gasteiger partial charge in [-0.25, -0.2) is 13.5 Å². The first-order valence-corrected chi connectivity index (χ1v) is 7.56. The van der Waals surface area contributed by atoms with Gasteiger partial charge in [0.2, 0.25) is 0 Å². The highest BCUT2D eigenvalue weighted by atomic mass is 19.1. The van der Waals surface area contributed by atoms with Gasteiger partial charge in [-0.2, -0.15) is 5.10 Å². The number of nitrogens with zero attached hydrogens (tertiary/aromatic N) is 2. The van der Waals surface area contributed by atoms with Gasteiger partial charge in [-0.15, -0.1) is 0 Å². The maximum atomic E-state index is 14.2. The minimum Gasteiger partial charge on any atom is -0.312 e. The first kappa shape index (κ1) is 14.1. The predicted octanol–water partition coefficient (Wildman–Crippen LogP) is 3.46. The summed E-state index contributed by atoms with van der Waals surface area (Å²) in [5.41, 5.74) is 4.18. The molecule has 0 saturated carbocycles. The number of benzene rings is 2. The lowest BCUT2D eigenvalue weighted by molar-refractivity contribution is 0.566. The monoisotopic (exact) mass is 311 g/mol. The van der Waals surface area contributed by atoms with Gasteiger partial charge in [-0.3, -0.25) is 0 Å². The van der Waals surface area contributed by atoms with Crippen LogP contribution in [0.2, 0.25) is 0 Å². The van der Waals surface area contributed by atoms with E-state index < -0.39 is 11.6 Å². The third kappa shape index (κ3) is 2.43. The van der Waals surface area contributed by atoms with Crippen molar-refractivity contribution < 1.29 is 8.78 Å². The fraction of sp³-hybridized carbons (Fsp3) is 0.167. The third-order valence-corrected chi connectivity index (χ3v) is 4.12. The Morgan fingerprint density at radius 1 is 1.04 bits per heavy atom. The second-order valence-electron chi connectivity index (χ2n) is 5.57. The van der Waals surface area contributed by atoms with Crippen molar-refractivity contribution in [3.63, 3.8) is 0 Å². The van der Waals surface area contributed by atoms with Crippen LogP contribution in [-0.2, 0) is 13.0 Å². The van der Waals surface area contributed by atoms with Gasteiger partial charge in [0.25, 0.3) is 0 Å². The molecule has 0 spiro atoms. The summed E-state index contributed by atoms with van der Waals surface area (Å²) in [5.74, 6) is -1.19. The van der Waals surface area contributed by atoms with Crippen LogP contribution in [0.3, 0.4) is 0 Å². The van der Waals surface area contributed by atoms with Gasteiger partial charge in [-0.1, -0.05) is 30.3 Å². The molecule has 2 heterocycles. The van der Waals surface area contributed by atoms with E-state index in [0.29, 0.717) is 6.54 Å². The van der Waals surface area contributed by atoms with Crippen molar-refractivity contribution in [1.29, 1.82) is 0 Å². The molecule has 0 bridgehead atoms. The average molecular weight is 311 g/mol. The Bertz CT molecular complexity index is 856.